The van der Waals surface area contributed by atoms with Crippen LogP contribution in [0.2, 0.25) is 0 Å². The van der Waals surface area contributed by atoms with Crippen molar-refractivity contribution in [1.29, 1.82) is 0 Å². The summed E-state index contributed by atoms with van der Waals surface area (Å²) in [5.74, 6) is 0.667. The Hall–Kier alpha value is -3.29. The fraction of sp³-hybridized carbons (Fsp3) is 0.316. The average Bonchev–Trinajstić information content (AvgIpc) is 3.27. The monoisotopic (exact) mass is 366 g/mol. The maximum Gasteiger partial charge on any atom is 0.256 e. The molecule has 6 N–H and O–H groups in total. The molecule has 0 bridgehead atoms. The van der Waals surface area contributed by atoms with Gasteiger partial charge in [-0.15, -0.1) is 0 Å². The summed E-state index contributed by atoms with van der Waals surface area (Å²) in [5.41, 5.74) is 13.0. The lowest BCUT2D eigenvalue weighted by Crippen LogP contribution is -2.57. The highest BCUT2D eigenvalue weighted by Crippen LogP contribution is 2.41. The number of aromatic nitrogens is 2. The quantitative estimate of drug-likeness (QED) is 0.474. The molecule has 0 unspecified atom stereocenters. The molecule has 2 fully saturated rings. The summed E-state index contributed by atoms with van der Waals surface area (Å²) in [6, 6.07) is 5.35. The second-order valence-corrected chi connectivity index (χ2v) is 6.99. The third-order valence-electron chi connectivity index (χ3n) is 5.48. The topological polar surface area (TPSA) is 130 Å². The molecule has 4 rings (SSSR count). The van der Waals surface area contributed by atoms with Crippen molar-refractivity contribution in [3.05, 3.63) is 48.1 Å². The van der Waals surface area contributed by atoms with Crippen molar-refractivity contribution in [2.24, 2.45) is 5.92 Å². The molecule has 27 heavy (non-hydrogen) atoms. The zero-order valence-electron chi connectivity index (χ0n) is 14.8. The summed E-state index contributed by atoms with van der Waals surface area (Å²) in [6.45, 7) is 0.664. The number of H-pyrrole nitrogens is 1. The Morgan fingerprint density at radius 3 is 2.96 bits per heavy atom. The van der Waals surface area contributed by atoms with Crippen LogP contribution in [0.1, 0.15) is 29.0 Å². The second kappa shape index (κ2) is 6.79. The normalized spacial score (nSPS) is 23.9. The van der Waals surface area contributed by atoms with Gasteiger partial charge < -0.3 is 26.7 Å². The van der Waals surface area contributed by atoms with Gasteiger partial charge in [-0.1, -0.05) is 6.07 Å². The zero-order chi connectivity index (χ0) is 19.0. The molecule has 0 spiro atoms. The molecule has 1 aromatic carbocycles. The SMILES string of the molecule is Nc1cccc(C(=O)N2CC[C@@H]3[C@H](NC(=O)/C=C/c4ncc[nH]4)C[C@@H]32)c1N. The highest BCUT2D eigenvalue weighted by molar-refractivity contribution is 6.02. The van der Waals surface area contributed by atoms with Crippen LogP contribution < -0.4 is 16.8 Å². The fourth-order valence-corrected chi connectivity index (χ4v) is 3.98. The maximum atomic E-state index is 12.9. The number of imidazole rings is 1. The summed E-state index contributed by atoms with van der Waals surface area (Å²) in [5, 5.41) is 3.02. The van der Waals surface area contributed by atoms with E-state index in [9.17, 15) is 9.59 Å². The number of nitrogens with two attached hydrogens (primary N) is 2. The smallest absolute Gasteiger partial charge is 0.256 e. The molecule has 1 saturated heterocycles. The molecule has 8 heteroatoms. The van der Waals surface area contributed by atoms with E-state index in [0.29, 0.717) is 29.3 Å². The van der Waals surface area contributed by atoms with Crippen molar-refractivity contribution in [3.8, 4) is 0 Å². The predicted octanol–water partition coefficient (Wildman–Crippen LogP) is 1.01. The Morgan fingerprint density at radius 2 is 2.19 bits per heavy atom. The number of rotatable bonds is 4. The van der Waals surface area contributed by atoms with Crippen molar-refractivity contribution in [1.82, 2.24) is 20.2 Å². The van der Waals surface area contributed by atoms with E-state index < -0.39 is 0 Å². The van der Waals surface area contributed by atoms with Crippen LogP contribution in [0, 0.1) is 5.92 Å². The molecule has 140 valence electrons. The summed E-state index contributed by atoms with van der Waals surface area (Å²) in [4.78, 5) is 33.8. The van der Waals surface area contributed by atoms with E-state index in [1.165, 1.54) is 6.08 Å². The first-order valence-electron chi connectivity index (χ1n) is 8.97. The Balaban J connectivity index is 1.36. The van der Waals surface area contributed by atoms with Gasteiger partial charge in [-0.2, -0.15) is 0 Å². The van der Waals surface area contributed by atoms with Crippen LogP contribution in [0.3, 0.4) is 0 Å². The first-order valence-corrected chi connectivity index (χ1v) is 8.97. The van der Waals surface area contributed by atoms with E-state index in [1.54, 1.807) is 36.7 Å². The van der Waals surface area contributed by atoms with Gasteiger partial charge in [0.25, 0.3) is 5.91 Å². The van der Waals surface area contributed by atoms with Crippen LogP contribution in [-0.2, 0) is 4.79 Å². The number of aromatic amines is 1. The number of anilines is 2. The van der Waals surface area contributed by atoms with E-state index in [-0.39, 0.29) is 29.8 Å². The number of carbonyl (C=O) groups is 2. The van der Waals surface area contributed by atoms with Gasteiger partial charge in [0.15, 0.2) is 0 Å². The average molecular weight is 366 g/mol. The number of para-hydroxylation sites is 1. The molecule has 1 saturated carbocycles. The van der Waals surface area contributed by atoms with Crippen LogP contribution in [-0.4, -0.2) is 45.3 Å². The van der Waals surface area contributed by atoms with Crippen LogP contribution in [0.5, 0.6) is 0 Å². The van der Waals surface area contributed by atoms with Gasteiger partial charge in [0.2, 0.25) is 5.91 Å². The number of hydrogen-bond acceptors (Lipinski definition) is 5. The number of amides is 2. The first kappa shape index (κ1) is 17.1. The van der Waals surface area contributed by atoms with Gasteiger partial charge in [0, 0.05) is 43.0 Å². The van der Waals surface area contributed by atoms with Gasteiger partial charge in [-0.05, 0) is 31.1 Å². The van der Waals surface area contributed by atoms with Gasteiger partial charge in [-0.25, -0.2) is 4.98 Å². The third-order valence-corrected chi connectivity index (χ3v) is 5.48. The Bertz CT molecular complexity index is 892. The minimum atomic E-state index is -0.153. The number of hydrogen-bond donors (Lipinski definition) is 4. The molecule has 2 aromatic rings. The number of benzene rings is 1. The summed E-state index contributed by atoms with van der Waals surface area (Å²) in [6.07, 6.45) is 8.05. The predicted molar refractivity (Wildman–Crippen MR) is 102 cm³/mol. The van der Waals surface area contributed by atoms with Crippen molar-refractivity contribution in [3.63, 3.8) is 0 Å². The molecule has 1 aliphatic heterocycles. The van der Waals surface area contributed by atoms with E-state index in [0.717, 1.165) is 12.8 Å². The van der Waals surface area contributed by atoms with E-state index in [2.05, 4.69) is 15.3 Å². The Kier molecular flexibility index (Phi) is 4.31. The molecule has 1 aromatic heterocycles. The first-order chi connectivity index (χ1) is 13.0. The molecule has 2 amide bonds. The molecular weight excluding hydrogens is 344 g/mol. The minimum Gasteiger partial charge on any atom is -0.397 e. The summed E-state index contributed by atoms with van der Waals surface area (Å²) >= 11 is 0. The Morgan fingerprint density at radius 1 is 1.33 bits per heavy atom. The van der Waals surface area contributed by atoms with Crippen molar-refractivity contribution >= 4 is 29.3 Å². The van der Waals surface area contributed by atoms with E-state index in [1.807, 2.05) is 4.90 Å². The number of likely N-dealkylation sites (tertiary alicyclic amines) is 1. The Labute approximate surface area is 156 Å². The number of nitrogens with one attached hydrogen (secondary N) is 2. The second-order valence-electron chi connectivity index (χ2n) is 6.99. The number of nitrogen functional groups attached to an aromatic ring is 2. The highest BCUT2D eigenvalue weighted by atomic mass is 16.2. The van der Waals surface area contributed by atoms with Gasteiger partial charge in [0.1, 0.15) is 5.82 Å². The standard InChI is InChI=1S/C19H22N6O2/c20-13-3-1-2-12(18(13)21)19(27)25-9-6-11-14(10-15(11)25)24-17(26)5-4-16-22-7-8-23-16/h1-5,7-8,11,14-15H,6,9-10,20-21H2,(H,22,23)(H,24,26)/b5-4+/t11-,14-,15+/m1/s1. The van der Waals surface area contributed by atoms with Crippen LogP contribution in [0.25, 0.3) is 6.08 Å². The maximum absolute atomic E-state index is 12.9. The lowest BCUT2D eigenvalue weighted by atomic mass is 9.75. The molecule has 2 heterocycles. The zero-order valence-corrected chi connectivity index (χ0v) is 14.8. The number of carbonyl (C=O) groups excluding carboxylic acids is 2. The lowest BCUT2D eigenvalue weighted by Gasteiger charge is -2.43. The highest BCUT2D eigenvalue weighted by Gasteiger charge is 2.50. The number of fused-ring (bicyclic) bond motifs is 1. The molecular formula is C19H22N6O2. The van der Waals surface area contributed by atoms with Crippen LogP contribution in [0.15, 0.2) is 36.7 Å². The lowest BCUT2D eigenvalue weighted by molar-refractivity contribution is -0.118. The van der Waals surface area contributed by atoms with Gasteiger partial charge >= 0.3 is 0 Å². The van der Waals surface area contributed by atoms with Crippen molar-refractivity contribution in [2.45, 2.75) is 24.9 Å². The fourth-order valence-electron chi connectivity index (χ4n) is 3.98. The van der Waals surface area contributed by atoms with Gasteiger partial charge in [-0.3, -0.25) is 9.59 Å². The van der Waals surface area contributed by atoms with E-state index in [4.69, 9.17) is 11.5 Å². The van der Waals surface area contributed by atoms with Crippen LogP contribution in [0.4, 0.5) is 11.4 Å². The van der Waals surface area contributed by atoms with Crippen molar-refractivity contribution in [2.75, 3.05) is 18.0 Å². The molecule has 8 nitrogen and oxygen atoms in total. The summed E-state index contributed by atoms with van der Waals surface area (Å²) in [7, 11) is 0. The molecule has 2 aliphatic rings. The largest absolute Gasteiger partial charge is 0.397 e. The summed E-state index contributed by atoms with van der Waals surface area (Å²) < 4.78 is 0. The molecule has 0 radical (unpaired) electrons. The molecule has 1 aliphatic carbocycles. The number of nitrogens with zero attached hydrogens (tertiary/aromatic N) is 2. The van der Waals surface area contributed by atoms with Crippen molar-refractivity contribution < 1.29 is 9.59 Å². The minimum absolute atomic E-state index is 0.0831. The third kappa shape index (κ3) is 3.14. The molecule has 3 atom stereocenters. The van der Waals surface area contributed by atoms with E-state index >= 15 is 0 Å². The van der Waals surface area contributed by atoms with Gasteiger partial charge in [0.05, 0.1) is 16.9 Å². The van der Waals surface area contributed by atoms with Crippen LogP contribution >= 0.6 is 0 Å².